The molecule has 0 radical (unpaired) electrons. The van der Waals surface area contributed by atoms with Gasteiger partial charge in [-0.2, -0.15) is 5.10 Å². The van der Waals surface area contributed by atoms with Crippen molar-refractivity contribution in [1.82, 2.24) is 10.4 Å². The molecule has 0 unspecified atom stereocenters. The van der Waals surface area contributed by atoms with E-state index in [1.165, 1.54) is 11.8 Å². The fourth-order valence-corrected chi connectivity index (χ4v) is 4.02. The van der Waals surface area contributed by atoms with Gasteiger partial charge in [0.15, 0.2) is 4.34 Å². The van der Waals surface area contributed by atoms with E-state index < -0.39 is 0 Å². The minimum atomic E-state index is -0.160. The Labute approximate surface area is 166 Å². The first-order valence-corrected chi connectivity index (χ1v) is 10.4. The number of thioether (sulfide) groups is 1. The summed E-state index contributed by atoms with van der Waals surface area (Å²) in [6.45, 7) is 4.91. The number of amides is 1. The van der Waals surface area contributed by atoms with Gasteiger partial charge in [-0.1, -0.05) is 37.7 Å². The first kappa shape index (κ1) is 19.4. The number of aromatic nitrogens is 1. The van der Waals surface area contributed by atoms with Gasteiger partial charge in [0.05, 0.1) is 28.8 Å². The van der Waals surface area contributed by atoms with Crippen molar-refractivity contribution in [3.63, 3.8) is 0 Å². The molecule has 0 saturated heterocycles. The van der Waals surface area contributed by atoms with Crippen LogP contribution in [-0.2, 0) is 4.79 Å². The second-order valence-electron chi connectivity index (χ2n) is 6.30. The summed E-state index contributed by atoms with van der Waals surface area (Å²) >= 11 is 3.00. The number of nitrogens with zero attached hydrogens (tertiary/aromatic N) is 2. The quantitative estimate of drug-likeness (QED) is 0.342. The lowest BCUT2D eigenvalue weighted by atomic mass is 10.2. The minimum Gasteiger partial charge on any atom is -0.493 e. The Bertz CT molecular complexity index is 887. The lowest BCUT2D eigenvalue weighted by Gasteiger charge is -2.08. The normalized spacial score (nSPS) is 11.4. The topological polar surface area (TPSA) is 63.6 Å². The molecule has 5 nitrogen and oxygen atoms in total. The highest BCUT2D eigenvalue weighted by Crippen LogP contribution is 2.28. The van der Waals surface area contributed by atoms with E-state index in [0.29, 0.717) is 12.5 Å². The maximum Gasteiger partial charge on any atom is 0.250 e. The van der Waals surface area contributed by atoms with Crippen molar-refractivity contribution in [2.45, 2.75) is 18.2 Å². The Balaban J connectivity index is 1.44. The van der Waals surface area contributed by atoms with Crippen LogP contribution in [0.5, 0.6) is 5.75 Å². The standard InChI is InChI=1S/C20H21N3O2S2/c1-14(2)12-25-16-9-7-15(8-10-16)11-21-23-19(24)13-26-20-22-17-5-3-4-6-18(17)27-20/h3-11,14H,12-13H2,1-2H3,(H,23,24). The van der Waals surface area contributed by atoms with Crippen molar-refractivity contribution in [2.24, 2.45) is 11.0 Å². The summed E-state index contributed by atoms with van der Waals surface area (Å²) in [5, 5.41) is 4.00. The van der Waals surface area contributed by atoms with Crippen LogP contribution in [0.3, 0.4) is 0 Å². The van der Waals surface area contributed by atoms with Gasteiger partial charge in [-0.05, 0) is 47.9 Å². The first-order chi connectivity index (χ1) is 13.1. The summed E-state index contributed by atoms with van der Waals surface area (Å²) < 4.78 is 7.65. The SMILES string of the molecule is CC(C)COc1ccc(C=NNC(=O)CSc2nc3ccccc3s2)cc1. The zero-order valence-corrected chi connectivity index (χ0v) is 16.8. The number of ether oxygens (including phenoxy) is 1. The van der Waals surface area contributed by atoms with Crippen LogP contribution in [0.4, 0.5) is 0 Å². The fourth-order valence-electron chi connectivity index (χ4n) is 2.16. The van der Waals surface area contributed by atoms with Crippen LogP contribution in [0.2, 0.25) is 0 Å². The molecular weight excluding hydrogens is 378 g/mol. The van der Waals surface area contributed by atoms with E-state index in [9.17, 15) is 4.79 Å². The molecule has 140 valence electrons. The van der Waals surface area contributed by atoms with E-state index in [-0.39, 0.29) is 11.7 Å². The Morgan fingerprint density at radius 2 is 2.04 bits per heavy atom. The van der Waals surface area contributed by atoms with Gasteiger partial charge in [-0.15, -0.1) is 11.3 Å². The van der Waals surface area contributed by atoms with Gasteiger partial charge in [0.2, 0.25) is 0 Å². The van der Waals surface area contributed by atoms with Gasteiger partial charge in [0.25, 0.3) is 5.91 Å². The van der Waals surface area contributed by atoms with E-state index >= 15 is 0 Å². The van der Waals surface area contributed by atoms with E-state index in [1.807, 2.05) is 48.5 Å². The highest BCUT2D eigenvalue weighted by Gasteiger charge is 2.06. The summed E-state index contributed by atoms with van der Waals surface area (Å²) in [7, 11) is 0. The van der Waals surface area contributed by atoms with Gasteiger partial charge in [0, 0.05) is 0 Å². The van der Waals surface area contributed by atoms with Crippen LogP contribution in [0.15, 0.2) is 58.0 Å². The molecule has 0 fully saturated rings. The fraction of sp³-hybridized carbons (Fsp3) is 0.250. The number of carbonyl (C=O) groups is 1. The third kappa shape index (κ3) is 6.08. The molecule has 0 spiro atoms. The smallest absolute Gasteiger partial charge is 0.250 e. The number of rotatable bonds is 8. The molecule has 3 rings (SSSR count). The Hall–Kier alpha value is -2.38. The first-order valence-electron chi connectivity index (χ1n) is 8.63. The summed E-state index contributed by atoms with van der Waals surface area (Å²) in [4.78, 5) is 16.4. The Kier molecular flexibility index (Phi) is 6.84. The molecular formula is C20H21N3O2S2. The molecule has 0 aliphatic carbocycles. The van der Waals surface area contributed by atoms with Crippen LogP contribution in [0.1, 0.15) is 19.4 Å². The van der Waals surface area contributed by atoms with E-state index in [4.69, 9.17) is 4.74 Å². The van der Waals surface area contributed by atoms with Gasteiger partial charge < -0.3 is 4.74 Å². The van der Waals surface area contributed by atoms with Crippen molar-refractivity contribution >= 4 is 45.4 Å². The van der Waals surface area contributed by atoms with E-state index in [0.717, 1.165) is 25.9 Å². The number of benzene rings is 2. The number of hydrogen-bond donors (Lipinski definition) is 1. The Morgan fingerprint density at radius 3 is 2.78 bits per heavy atom. The highest BCUT2D eigenvalue weighted by molar-refractivity contribution is 8.01. The minimum absolute atomic E-state index is 0.160. The van der Waals surface area contributed by atoms with Crippen molar-refractivity contribution in [2.75, 3.05) is 12.4 Å². The average Bonchev–Trinajstić information content (AvgIpc) is 3.09. The number of nitrogens with one attached hydrogen (secondary N) is 1. The lowest BCUT2D eigenvalue weighted by Crippen LogP contribution is -2.19. The largest absolute Gasteiger partial charge is 0.493 e. The summed E-state index contributed by atoms with van der Waals surface area (Å²) in [5.41, 5.74) is 4.40. The van der Waals surface area contributed by atoms with Gasteiger partial charge in [0.1, 0.15) is 5.75 Å². The Morgan fingerprint density at radius 1 is 1.26 bits per heavy atom. The maximum absolute atomic E-state index is 11.9. The summed E-state index contributed by atoms with van der Waals surface area (Å²) in [6.07, 6.45) is 1.62. The molecule has 0 aliphatic rings. The van der Waals surface area contributed by atoms with Gasteiger partial charge >= 0.3 is 0 Å². The second-order valence-corrected chi connectivity index (χ2v) is 8.56. The highest BCUT2D eigenvalue weighted by atomic mass is 32.2. The molecule has 1 N–H and O–H groups in total. The van der Waals surface area contributed by atoms with Crippen LogP contribution in [0.25, 0.3) is 10.2 Å². The van der Waals surface area contributed by atoms with Crippen molar-refractivity contribution in [3.05, 3.63) is 54.1 Å². The zero-order valence-electron chi connectivity index (χ0n) is 15.2. The van der Waals surface area contributed by atoms with Crippen molar-refractivity contribution in [1.29, 1.82) is 0 Å². The average molecular weight is 400 g/mol. The summed E-state index contributed by atoms with van der Waals surface area (Å²) in [5.74, 6) is 1.44. The lowest BCUT2D eigenvalue weighted by molar-refractivity contribution is -0.118. The van der Waals surface area contributed by atoms with Crippen LogP contribution in [0, 0.1) is 5.92 Å². The second kappa shape index (κ2) is 9.53. The number of hydrazone groups is 1. The molecule has 1 aromatic heterocycles. The maximum atomic E-state index is 11.9. The monoisotopic (exact) mass is 399 g/mol. The van der Waals surface area contributed by atoms with Crippen molar-refractivity contribution in [3.8, 4) is 5.75 Å². The van der Waals surface area contributed by atoms with Crippen LogP contribution < -0.4 is 10.2 Å². The number of carbonyl (C=O) groups excluding carboxylic acids is 1. The molecule has 0 atom stereocenters. The third-order valence-electron chi connectivity index (χ3n) is 3.47. The molecule has 27 heavy (non-hydrogen) atoms. The number of thiazole rings is 1. The molecule has 0 aliphatic heterocycles. The number of fused-ring (bicyclic) bond motifs is 1. The summed E-state index contributed by atoms with van der Waals surface area (Å²) in [6, 6.07) is 15.5. The van der Waals surface area contributed by atoms with Gasteiger partial charge in [-0.25, -0.2) is 10.4 Å². The van der Waals surface area contributed by atoms with Gasteiger partial charge in [-0.3, -0.25) is 4.79 Å². The zero-order chi connectivity index (χ0) is 19.1. The molecule has 7 heteroatoms. The molecule has 0 bridgehead atoms. The predicted molar refractivity (Wildman–Crippen MR) is 113 cm³/mol. The molecule has 0 saturated carbocycles. The molecule has 3 aromatic rings. The number of hydrogen-bond acceptors (Lipinski definition) is 6. The molecule has 1 amide bonds. The van der Waals surface area contributed by atoms with Crippen LogP contribution in [-0.4, -0.2) is 29.5 Å². The predicted octanol–water partition coefficient (Wildman–Crippen LogP) is 4.57. The molecule has 1 heterocycles. The third-order valence-corrected chi connectivity index (χ3v) is 5.65. The number of para-hydroxylation sites is 1. The van der Waals surface area contributed by atoms with Crippen molar-refractivity contribution < 1.29 is 9.53 Å². The molecule has 2 aromatic carbocycles. The van der Waals surface area contributed by atoms with E-state index in [1.54, 1.807) is 17.6 Å². The van der Waals surface area contributed by atoms with Crippen LogP contribution >= 0.6 is 23.1 Å². The van der Waals surface area contributed by atoms with E-state index in [2.05, 4.69) is 29.4 Å².